The van der Waals surface area contributed by atoms with Gasteiger partial charge >= 0.3 is 10.2 Å². The molecule has 1 amide bonds. The third-order valence-corrected chi connectivity index (χ3v) is 3.57. The fourth-order valence-electron chi connectivity index (χ4n) is 1.45. The summed E-state index contributed by atoms with van der Waals surface area (Å²) in [4.78, 5) is 10.9. The van der Waals surface area contributed by atoms with E-state index in [1.807, 2.05) is 0 Å². The molecule has 18 heavy (non-hydrogen) atoms. The fourth-order valence-corrected chi connectivity index (χ4v) is 2.60. The van der Waals surface area contributed by atoms with Crippen LogP contribution in [0.1, 0.15) is 0 Å². The maximum Gasteiger partial charge on any atom is 0.326 e. The molecule has 6 nitrogen and oxygen atoms in total. The highest BCUT2D eigenvalue weighted by atomic mass is 32.2. The lowest BCUT2D eigenvalue weighted by Crippen LogP contribution is -2.30. The number of phenolic OH excluding ortho intramolecular Hbond substituents is 1. The fraction of sp³-hybridized carbons (Fsp3) is 0.125. The number of carbonyl (C=O) groups is 1. The Labute approximate surface area is 98.8 Å². The van der Waals surface area contributed by atoms with Crippen molar-refractivity contribution in [3.8, 4) is 5.75 Å². The van der Waals surface area contributed by atoms with Crippen molar-refractivity contribution in [2.45, 2.75) is 0 Å². The Balaban J connectivity index is 2.69. The second-order valence-corrected chi connectivity index (χ2v) is 4.98. The van der Waals surface area contributed by atoms with Crippen LogP contribution >= 0.6 is 0 Å². The molecular weight excluding hydrogens is 277 g/mol. The second-order valence-electron chi connectivity index (χ2n) is 3.39. The Morgan fingerprint density at radius 1 is 1.28 bits per heavy atom. The zero-order valence-electron chi connectivity index (χ0n) is 8.45. The van der Waals surface area contributed by atoms with Gasteiger partial charge in [0.1, 0.15) is 12.2 Å². The van der Waals surface area contributed by atoms with Gasteiger partial charge in [-0.05, 0) is 0 Å². The van der Waals surface area contributed by atoms with E-state index in [1.165, 1.54) is 4.72 Å². The molecular formula is C8H5F3N2O4S. The molecule has 0 radical (unpaired) electrons. The quantitative estimate of drug-likeness (QED) is 0.709. The first-order valence-electron chi connectivity index (χ1n) is 4.44. The van der Waals surface area contributed by atoms with E-state index in [0.717, 1.165) is 0 Å². The summed E-state index contributed by atoms with van der Waals surface area (Å²) in [6, 6.07) is 0.0616. The number of nitrogens with zero attached hydrogens (tertiary/aromatic N) is 1. The molecule has 2 N–H and O–H groups in total. The van der Waals surface area contributed by atoms with Crippen LogP contribution in [0.3, 0.4) is 0 Å². The minimum absolute atomic E-state index is 0.0478. The third kappa shape index (κ3) is 1.74. The molecule has 1 saturated heterocycles. The molecule has 1 aliphatic rings. The lowest BCUT2D eigenvalue weighted by Gasteiger charge is -2.17. The molecule has 1 heterocycles. The van der Waals surface area contributed by atoms with Gasteiger partial charge in [-0.25, -0.2) is 22.2 Å². The van der Waals surface area contributed by atoms with E-state index in [0.29, 0.717) is 0 Å². The van der Waals surface area contributed by atoms with E-state index in [1.54, 1.807) is 0 Å². The van der Waals surface area contributed by atoms with Gasteiger partial charge in [-0.1, -0.05) is 0 Å². The molecule has 0 spiro atoms. The van der Waals surface area contributed by atoms with Crippen molar-refractivity contribution in [2.75, 3.05) is 10.8 Å². The van der Waals surface area contributed by atoms with Crippen LogP contribution in [0.5, 0.6) is 5.75 Å². The summed E-state index contributed by atoms with van der Waals surface area (Å²) >= 11 is 0. The number of rotatable bonds is 1. The number of carbonyl (C=O) groups excluding carboxylic acids is 1. The number of phenols is 1. The molecule has 1 fully saturated rings. The highest BCUT2D eigenvalue weighted by Gasteiger charge is 2.39. The topological polar surface area (TPSA) is 86.7 Å². The summed E-state index contributed by atoms with van der Waals surface area (Å²) < 4.78 is 63.7. The number of amides is 1. The smallest absolute Gasteiger partial charge is 0.326 e. The largest absolute Gasteiger partial charge is 0.503 e. The van der Waals surface area contributed by atoms with Gasteiger partial charge in [-0.2, -0.15) is 8.42 Å². The van der Waals surface area contributed by atoms with E-state index < -0.39 is 51.5 Å². The van der Waals surface area contributed by atoms with Crippen LogP contribution in [-0.4, -0.2) is 26.0 Å². The Bertz CT molecular complexity index is 620. The molecule has 0 saturated carbocycles. The summed E-state index contributed by atoms with van der Waals surface area (Å²) in [6.07, 6.45) is 0. The summed E-state index contributed by atoms with van der Waals surface area (Å²) in [6.45, 7) is -0.879. The summed E-state index contributed by atoms with van der Waals surface area (Å²) in [5, 5.41) is 9.25. The van der Waals surface area contributed by atoms with Crippen LogP contribution in [0.25, 0.3) is 0 Å². The lowest BCUT2D eigenvalue weighted by molar-refractivity contribution is -0.117. The van der Waals surface area contributed by atoms with Gasteiger partial charge in [0.25, 0.3) is 5.91 Å². The van der Waals surface area contributed by atoms with E-state index >= 15 is 0 Å². The molecule has 1 aromatic rings. The molecule has 1 aromatic carbocycles. The van der Waals surface area contributed by atoms with Gasteiger partial charge in [0.2, 0.25) is 0 Å². The predicted molar refractivity (Wildman–Crippen MR) is 52.4 cm³/mol. The van der Waals surface area contributed by atoms with Gasteiger partial charge in [-0.3, -0.25) is 4.79 Å². The second kappa shape index (κ2) is 3.77. The minimum Gasteiger partial charge on any atom is -0.503 e. The molecule has 0 aromatic heterocycles. The van der Waals surface area contributed by atoms with Crippen LogP contribution < -0.4 is 9.03 Å². The molecule has 0 unspecified atom stereocenters. The Kier molecular flexibility index (Phi) is 2.61. The van der Waals surface area contributed by atoms with E-state index in [9.17, 15) is 31.5 Å². The van der Waals surface area contributed by atoms with Crippen molar-refractivity contribution >= 4 is 21.8 Å². The van der Waals surface area contributed by atoms with Crippen LogP contribution in [0, 0.1) is 17.5 Å². The molecule has 10 heteroatoms. The number of anilines is 1. The SMILES string of the molecule is O=C1CN(c2c(O)c(F)cc(F)c2F)S(=O)(=O)N1. The van der Waals surface area contributed by atoms with Gasteiger partial charge in [0.05, 0.1) is 0 Å². The maximum atomic E-state index is 13.4. The number of benzene rings is 1. The standard InChI is InChI=1S/C8H5F3N2O4S/c9-3-1-4(10)8(15)7(6(3)11)13-2-5(14)12-18(13,16)17/h1,15H,2H2,(H,12,14). The van der Waals surface area contributed by atoms with Crippen molar-refractivity contribution in [1.82, 2.24) is 4.72 Å². The van der Waals surface area contributed by atoms with E-state index in [4.69, 9.17) is 0 Å². The van der Waals surface area contributed by atoms with Crippen LogP contribution in [0.15, 0.2) is 6.07 Å². The monoisotopic (exact) mass is 282 g/mol. The third-order valence-electron chi connectivity index (χ3n) is 2.19. The maximum absolute atomic E-state index is 13.4. The lowest BCUT2D eigenvalue weighted by atomic mass is 10.2. The predicted octanol–water partition coefficient (Wildman–Crippen LogP) is -0.00950. The minimum atomic E-state index is -4.47. The van der Waals surface area contributed by atoms with Crippen LogP contribution in [0.2, 0.25) is 0 Å². The first kappa shape index (κ1) is 12.5. The molecule has 0 bridgehead atoms. The Morgan fingerprint density at radius 3 is 2.39 bits per heavy atom. The zero-order chi connectivity index (χ0) is 13.7. The van der Waals surface area contributed by atoms with Crippen molar-refractivity contribution < 1.29 is 31.5 Å². The molecule has 0 aliphatic carbocycles. The van der Waals surface area contributed by atoms with Gasteiger partial charge < -0.3 is 5.11 Å². The summed E-state index contributed by atoms with van der Waals surface area (Å²) in [5.41, 5.74) is -1.24. The average Bonchev–Trinajstić information content (AvgIpc) is 2.50. The number of aromatic hydroxyl groups is 1. The van der Waals surface area contributed by atoms with E-state index in [2.05, 4.69) is 0 Å². The highest BCUT2D eigenvalue weighted by molar-refractivity contribution is 7.92. The zero-order valence-corrected chi connectivity index (χ0v) is 9.26. The van der Waals surface area contributed by atoms with Crippen molar-refractivity contribution in [2.24, 2.45) is 0 Å². The average molecular weight is 282 g/mol. The molecule has 0 atom stereocenters. The molecule has 98 valence electrons. The number of halogens is 3. The number of hydrogen-bond acceptors (Lipinski definition) is 4. The van der Waals surface area contributed by atoms with Crippen LogP contribution in [-0.2, 0) is 15.0 Å². The van der Waals surface area contributed by atoms with Gasteiger partial charge in [0, 0.05) is 6.07 Å². The Hall–Kier alpha value is -1.97. The number of nitrogens with one attached hydrogen (secondary N) is 1. The van der Waals surface area contributed by atoms with Gasteiger partial charge in [0.15, 0.2) is 23.2 Å². The van der Waals surface area contributed by atoms with Crippen LogP contribution in [0.4, 0.5) is 18.9 Å². The molecule has 2 rings (SSSR count). The highest BCUT2D eigenvalue weighted by Crippen LogP contribution is 2.36. The van der Waals surface area contributed by atoms with E-state index in [-0.39, 0.29) is 10.4 Å². The number of hydrogen-bond donors (Lipinski definition) is 2. The van der Waals surface area contributed by atoms with Crippen molar-refractivity contribution in [1.29, 1.82) is 0 Å². The first-order valence-corrected chi connectivity index (χ1v) is 5.88. The Morgan fingerprint density at radius 2 is 1.89 bits per heavy atom. The van der Waals surface area contributed by atoms with Gasteiger partial charge in [-0.15, -0.1) is 0 Å². The van der Waals surface area contributed by atoms with Crippen molar-refractivity contribution in [3.63, 3.8) is 0 Å². The van der Waals surface area contributed by atoms with Crippen molar-refractivity contribution in [3.05, 3.63) is 23.5 Å². The summed E-state index contributed by atoms with van der Waals surface area (Å²) in [7, 11) is -4.47. The summed E-state index contributed by atoms with van der Waals surface area (Å²) in [5.74, 6) is -7.41. The molecule has 1 aliphatic heterocycles. The normalized spacial score (nSPS) is 17.9. The first-order chi connectivity index (χ1) is 8.24.